The maximum absolute atomic E-state index is 12.5. The molecule has 1 aliphatic heterocycles. The van der Waals surface area contributed by atoms with Crippen molar-refractivity contribution in [1.29, 1.82) is 0 Å². The molecule has 0 saturated carbocycles. The molecule has 27 heavy (non-hydrogen) atoms. The van der Waals surface area contributed by atoms with Crippen LogP contribution in [-0.2, 0) is 9.59 Å². The van der Waals surface area contributed by atoms with Gasteiger partial charge in [-0.25, -0.2) is 0 Å². The van der Waals surface area contributed by atoms with Crippen LogP contribution in [0.15, 0.2) is 54.6 Å². The highest BCUT2D eigenvalue weighted by Gasteiger charge is 2.29. The van der Waals surface area contributed by atoms with E-state index in [9.17, 15) is 9.59 Å². The highest BCUT2D eigenvalue weighted by atomic mass is 16.2. The minimum atomic E-state index is -0.218. The number of piperidine rings is 1. The Balaban J connectivity index is 1.48. The van der Waals surface area contributed by atoms with Crippen LogP contribution in [0.5, 0.6) is 0 Å². The van der Waals surface area contributed by atoms with Crippen LogP contribution in [0.25, 0.3) is 0 Å². The molecule has 0 radical (unpaired) electrons. The Bertz CT molecular complexity index is 766. The van der Waals surface area contributed by atoms with Gasteiger partial charge >= 0.3 is 0 Å². The van der Waals surface area contributed by atoms with Gasteiger partial charge in [-0.15, -0.1) is 0 Å². The van der Waals surface area contributed by atoms with Crippen molar-refractivity contribution in [2.75, 3.05) is 23.7 Å². The summed E-state index contributed by atoms with van der Waals surface area (Å²) in [4.78, 5) is 27.1. The van der Waals surface area contributed by atoms with Crippen LogP contribution in [0.2, 0.25) is 0 Å². The van der Waals surface area contributed by atoms with E-state index in [4.69, 9.17) is 0 Å². The molecule has 5 nitrogen and oxygen atoms in total. The molecule has 0 aromatic heterocycles. The topological polar surface area (TPSA) is 61.4 Å². The van der Waals surface area contributed by atoms with Crippen molar-refractivity contribution in [1.82, 2.24) is 4.90 Å². The number of carbonyl (C=O) groups excluding carboxylic acids is 2. The lowest BCUT2D eigenvalue weighted by molar-refractivity contribution is -0.123. The van der Waals surface area contributed by atoms with E-state index in [-0.39, 0.29) is 23.8 Å². The van der Waals surface area contributed by atoms with Crippen molar-refractivity contribution in [2.24, 2.45) is 5.92 Å². The second kappa shape index (κ2) is 8.82. The van der Waals surface area contributed by atoms with Crippen molar-refractivity contribution in [3.05, 3.63) is 60.2 Å². The molecular weight excluding hydrogens is 338 g/mol. The number of hydrogen-bond acceptors (Lipinski definition) is 3. The van der Waals surface area contributed by atoms with Crippen LogP contribution in [-0.4, -0.2) is 35.8 Å². The number of carbonyl (C=O) groups is 2. The predicted molar refractivity (Wildman–Crippen MR) is 109 cm³/mol. The lowest BCUT2D eigenvalue weighted by Gasteiger charge is -2.34. The van der Waals surface area contributed by atoms with E-state index in [1.54, 1.807) is 0 Å². The molecule has 2 aromatic rings. The third-order valence-electron chi connectivity index (χ3n) is 5.19. The molecule has 2 aromatic carbocycles. The molecule has 1 aliphatic rings. The lowest BCUT2D eigenvalue weighted by Crippen LogP contribution is -2.47. The fourth-order valence-corrected chi connectivity index (χ4v) is 3.36. The number of aryl methyl sites for hydroxylation is 1. The number of amides is 2. The van der Waals surface area contributed by atoms with Gasteiger partial charge in [0.05, 0.1) is 6.04 Å². The summed E-state index contributed by atoms with van der Waals surface area (Å²) in [7, 11) is 0. The fraction of sp³-hybridized carbons (Fsp3) is 0.364. The molecule has 5 heteroatoms. The molecule has 1 atom stereocenters. The van der Waals surface area contributed by atoms with Crippen LogP contribution in [0.3, 0.4) is 0 Å². The van der Waals surface area contributed by atoms with E-state index in [1.807, 2.05) is 68.4 Å². The summed E-state index contributed by atoms with van der Waals surface area (Å²) < 4.78 is 0. The second-order valence-corrected chi connectivity index (χ2v) is 7.20. The Morgan fingerprint density at radius 1 is 0.926 bits per heavy atom. The monoisotopic (exact) mass is 365 g/mol. The van der Waals surface area contributed by atoms with Gasteiger partial charge in [-0.3, -0.25) is 14.5 Å². The molecule has 1 fully saturated rings. The number of nitrogens with zero attached hydrogens (tertiary/aromatic N) is 1. The third kappa shape index (κ3) is 5.17. The number of para-hydroxylation sites is 1. The smallest absolute Gasteiger partial charge is 0.241 e. The molecule has 142 valence electrons. The summed E-state index contributed by atoms with van der Waals surface area (Å²) in [6, 6.07) is 17.1. The average Bonchev–Trinajstić information content (AvgIpc) is 2.70. The first-order valence-corrected chi connectivity index (χ1v) is 9.50. The summed E-state index contributed by atoms with van der Waals surface area (Å²) >= 11 is 0. The first-order valence-electron chi connectivity index (χ1n) is 9.50. The molecule has 0 bridgehead atoms. The molecule has 1 saturated heterocycles. The van der Waals surface area contributed by atoms with E-state index in [0.717, 1.165) is 42.9 Å². The molecule has 3 rings (SSSR count). The van der Waals surface area contributed by atoms with Gasteiger partial charge in [0.15, 0.2) is 0 Å². The molecule has 1 heterocycles. The van der Waals surface area contributed by atoms with Crippen molar-refractivity contribution >= 4 is 23.2 Å². The van der Waals surface area contributed by atoms with Gasteiger partial charge in [0, 0.05) is 17.3 Å². The van der Waals surface area contributed by atoms with Crippen molar-refractivity contribution in [3.63, 3.8) is 0 Å². The van der Waals surface area contributed by atoms with Gasteiger partial charge < -0.3 is 10.6 Å². The van der Waals surface area contributed by atoms with Gasteiger partial charge in [0.25, 0.3) is 0 Å². The van der Waals surface area contributed by atoms with Crippen LogP contribution in [0.1, 0.15) is 25.3 Å². The zero-order chi connectivity index (χ0) is 19.2. The highest BCUT2D eigenvalue weighted by Crippen LogP contribution is 2.21. The van der Waals surface area contributed by atoms with E-state index in [2.05, 4.69) is 15.5 Å². The number of likely N-dealkylation sites (tertiary alicyclic amines) is 1. The number of hydrogen-bond donors (Lipinski definition) is 2. The van der Waals surface area contributed by atoms with Gasteiger partial charge in [-0.1, -0.05) is 35.9 Å². The SMILES string of the molecule is Cc1ccc(NC(=O)C(C)N2CCC(C(=O)Nc3ccccc3)CC2)cc1. The first-order chi connectivity index (χ1) is 13.0. The number of nitrogens with one attached hydrogen (secondary N) is 2. The Morgan fingerprint density at radius 3 is 2.15 bits per heavy atom. The molecule has 2 N–H and O–H groups in total. The molecule has 0 aliphatic carbocycles. The normalized spacial score (nSPS) is 16.5. The van der Waals surface area contributed by atoms with Crippen LogP contribution in [0, 0.1) is 12.8 Å². The van der Waals surface area contributed by atoms with Crippen molar-refractivity contribution in [3.8, 4) is 0 Å². The summed E-state index contributed by atoms with van der Waals surface area (Å²) in [5.74, 6) is 0.0532. The van der Waals surface area contributed by atoms with Crippen LogP contribution in [0.4, 0.5) is 11.4 Å². The number of rotatable bonds is 5. The number of anilines is 2. The maximum Gasteiger partial charge on any atom is 0.241 e. The van der Waals surface area contributed by atoms with Gasteiger partial charge in [0.1, 0.15) is 0 Å². The van der Waals surface area contributed by atoms with Crippen LogP contribution >= 0.6 is 0 Å². The summed E-state index contributed by atoms with van der Waals surface area (Å²) in [6.07, 6.45) is 1.53. The zero-order valence-corrected chi connectivity index (χ0v) is 15.9. The highest BCUT2D eigenvalue weighted by molar-refractivity contribution is 5.95. The van der Waals surface area contributed by atoms with Crippen LogP contribution < -0.4 is 10.6 Å². The Kier molecular flexibility index (Phi) is 6.24. The summed E-state index contributed by atoms with van der Waals surface area (Å²) in [6.45, 7) is 5.44. The molecular formula is C22H27N3O2. The second-order valence-electron chi connectivity index (χ2n) is 7.20. The Hall–Kier alpha value is -2.66. The van der Waals surface area contributed by atoms with E-state index < -0.39 is 0 Å². The largest absolute Gasteiger partial charge is 0.326 e. The Morgan fingerprint density at radius 2 is 1.52 bits per heavy atom. The fourth-order valence-electron chi connectivity index (χ4n) is 3.36. The van der Waals surface area contributed by atoms with E-state index in [1.165, 1.54) is 0 Å². The minimum Gasteiger partial charge on any atom is -0.326 e. The summed E-state index contributed by atoms with van der Waals surface area (Å²) in [5.41, 5.74) is 2.81. The Labute approximate surface area is 160 Å². The average molecular weight is 365 g/mol. The van der Waals surface area contributed by atoms with E-state index >= 15 is 0 Å². The van der Waals surface area contributed by atoms with E-state index in [0.29, 0.717) is 0 Å². The third-order valence-corrected chi connectivity index (χ3v) is 5.19. The van der Waals surface area contributed by atoms with Gasteiger partial charge in [-0.2, -0.15) is 0 Å². The van der Waals surface area contributed by atoms with Gasteiger partial charge in [0.2, 0.25) is 11.8 Å². The maximum atomic E-state index is 12.5. The predicted octanol–water partition coefficient (Wildman–Crippen LogP) is 3.67. The lowest BCUT2D eigenvalue weighted by atomic mass is 9.94. The molecule has 1 unspecified atom stereocenters. The number of benzene rings is 2. The van der Waals surface area contributed by atoms with Crippen molar-refractivity contribution in [2.45, 2.75) is 32.7 Å². The van der Waals surface area contributed by atoms with Crippen molar-refractivity contribution < 1.29 is 9.59 Å². The van der Waals surface area contributed by atoms with Gasteiger partial charge in [-0.05, 0) is 64.0 Å². The zero-order valence-electron chi connectivity index (χ0n) is 15.9. The first kappa shape index (κ1) is 19.1. The summed E-state index contributed by atoms with van der Waals surface area (Å²) in [5, 5.41) is 5.95. The standard InChI is InChI=1S/C22H27N3O2/c1-16-8-10-20(11-9-16)23-21(26)17(2)25-14-12-18(13-15-25)22(27)24-19-6-4-3-5-7-19/h3-11,17-18H,12-15H2,1-2H3,(H,23,26)(H,24,27). The molecule has 2 amide bonds. The quantitative estimate of drug-likeness (QED) is 0.850. The molecule has 0 spiro atoms. The minimum absolute atomic E-state index is 0.00573.